The van der Waals surface area contributed by atoms with Gasteiger partial charge in [0.2, 0.25) is 5.91 Å². The van der Waals surface area contributed by atoms with E-state index < -0.39 is 0 Å². The standard InChI is InChI=1S/C19H19N3O2S2/c1-14-18(22-26-21-14)12-25-13-19(23)20-16-7-9-17(10-8-16)24-11-15-5-3-2-4-6-15/h2-10H,11-13H2,1H3,(H,20,23). The highest BCUT2D eigenvalue weighted by Gasteiger charge is 2.07. The number of hydrogen-bond acceptors (Lipinski definition) is 6. The highest BCUT2D eigenvalue weighted by atomic mass is 32.2. The van der Waals surface area contributed by atoms with E-state index in [0.717, 1.165) is 28.4 Å². The molecular formula is C19H19N3O2S2. The number of hydrogen-bond donors (Lipinski definition) is 1. The molecule has 0 radical (unpaired) electrons. The number of rotatable bonds is 8. The van der Waals surface area contributed by atoms with E-state index in [9.17, 15) is 4.79 Å². The predicted molar refractivity (Wildman–Crippen MR) is 107 cm³/mol. The Morgan fingerprint density at radius 1 is 1.12 bits per heavy atom. The van der Waals surface area contributed by atoms with Crippen LogP contribution in [0.25, 0.3) is 0 Å². The van der Waals surface area contributed by atoms with Crippen molar-refractivity contribution < 1.29 is 9.53 Å². The summed E-state index contributed by atoms with van der Waals surface area (Å²) in [6.07, 6.45) is 0. The lowest BCUT2D eigenvalue weighted by Crippen LogP contribution is -2.14. The van der Waals surface area contributed by atoms with E-state index in [0.29, 0.717) is 18.1 Å². The van der Waals surface area contributed by atoms with Crippen LogP contribution < -0.4 is 10.1 Å². The van der Waals surface area contributed by atoms with Gasteiger partial charge in [0.15, 0.2) is 0 Å². The Balaban J connectivity index is 1.41. The molecule has 3 rings (SSSR count). The fraction of sp³-hybridized carbons (Fsp3) is 0.211. The van der Waals surface area contributed by atoms with E-state index in [2.05, 4.69) is 14.1 Å². The molecule has 3 aromatic rings. The first-order valence-electron chi connectivity index (χ1n) is 8.13. The normalized spacial score (nSPS) is 10.5. The molecular weight excluding hydrogens is 366 g/mol. The number of ether oxygens (including phenoxy) is 1. The van der Waals surface area contributed by atoms with E-state index in [1.165, 1.54) is 23.5 Å². The maximum Gasteiger partial charge on any atom is 0.234 e. The number of thioether (sulfide) groups is 1. The molecule has 0 unspecified atom stereocenters. The smallest absolute Gasteiger partial charge is 0.234 e. The van der Waals surface area contributed by atoms with Gasteiger partial charge in [-0.3, -0.25) is 4.79 Å². The van der Waals surface area contributed by atoms with Crippen LogP contribution in [0.1, 0.15) is 17.0 Å². The van der Waals surface area contributed by atoms with E-state index >= 15 is 0 Å². The number of nitrogens with zero attached hydrogens (tertiary/aromatic N) is 2. The summed E-state index contributed by atoms with van der Waals surface area (Å²) in [5.41, 5.74) is 3.77. The number of anilines is 1. The van der Waals surface area contributed by atoms with Crippen molar-refractivity contribution in [3.8, 4) is 5.75 Å². The molecule has 0 saturated heterocycles. The van der Waals surface area contributed by atoms with E-state index in [-0.39, 0.29) is 5.91 Å². The first-order valence-corrected chi connectivity index (χ1v) is 10.0. The fourth-order valence-corrected chi connectivity index (χ4v) is 3.67. The van der Waals surface area contributed by atoms with Crippen LogP contribution in [-0.4, -0.2) is 20.4 Å². The minimum atomic E-state index is -0.0335. The molecule has 1 N–H and O–H groups in total. The van der Waals surface area contributed by atoms with Crippen LogP contribution in [0.3, 0.4) is 0 Å². The average Bonchev–Trinajstić information content (AvgIpc) is 3.07. The second kappa shape index (κ2) is 9.35. The Morgan fingerprint density at radius 2 is 1.88 bits per heavy atom. The second-order valence-electron chi connectivity index (χ2n) is 5.64. The zero-order chi connectivity index (χ0) is 18.2. The third-order valence-corrected chi connectivity index (χ3v) is 5.21. The molecule has 0 aliphatic carbocycles. The molecule has 5 nitrogen and oxygen atoms in total. The molecule has 0 bridgehead atoms. The number of aromatic nitrogens is 2. The summed E-state index contributed by atoms with van der Waals surface area (Å²) in [7, 11) is 0. The fourth-order valence-electron chi connectivity index (χ4n) is 2.19. The van der Waals surface area contributed by atoms with Gasteiger partial charge in [0.05, 0.1) is 28.9 Å². The lowest BCUT2D eigenvalue weighted by atomic mass is 10.2. The van der Waals surface area contributed by atoms with Crippen molar-refractivity contribution in [2.24, 2.45) is 0 Å². The molecule has 1 aromatic heterocycles. The van der Waals surface area contributed by atoms with Crippen molar-refractivity contribution in [3.05, 3.63) is 71.5 Å². The van der Waals surface area contributed by atoms with E-state index in [1.807, 2.05) is 61.5 Å². The van der Waals surface area contributed by atoms with Gasteiger partial charge in [0.1, 0.15) is 12.4 Å². The van der Waals surface area contributed by atoms with Crippen molar-refractivity contribution in [2.45, 2.75) is 19.3 Å². The van der Waals surface area contributed by atoms with Gasteiger partial charge in [-0.05, 0) is 36.8 Å². The van der Waals surface area contributed by atoms with Crippen LogP contribution in [-0.2, 0) is 17.2 Å². The molecule has 1 heterocycles. The number of aryl methyl sites for hydroxylation is 1. The summed E-state index contributed by atoms with van der Waals surface area (Å²) in [6, 6.07) is 17.4. The van der Waals surface area contributed by atoms with Gasteiger partial charge in [0, 0.05) is 11.4 Å². The largest absolute Gasteiger partial charge is 0.489 e. The van der Waals surface area contributed by atoms with Gasteiger partial charge in [-0.25, -0.2) is 0 Å². The summed E-state index contributed by atoms with van der Waals surface area (Å²) in [5.74, 6) is 1.81. The van der Waals surface area contributed by atoms with Gasteiger partial charge >= 0.3 is 0 Å². The van der Waals surface area contributed by atoms with Crippen LogP contribution >= 0.6 is 23.5 Å². The zero-order valence-corrected chi connectivity index (χ0v) is 16.0. The molecule has 0 saturated carbocycles. The monoisotopic (exact) mass is 385 g/mol. The topological polar surface area (TPSA) is 64.1 Å². The van der Waals surface area contributed by atoms with Gasteiger partial charge in [-0.15, -0.1) is 11.8 Å². The van der Waals surface area contributed by atoms with Crippen molar-refractivity contribution in [2.75, 3.05) is 11.1 Å². The van der Waals surface area contributed by atoms with Crippen molar-refractivity contribution in [1.29, 1.82) is 0 Å². The highest BCUT2D eigenvalue weighted by Crippen LogP contribution is 2.18. The number of carbonyl (C=O) groups is 1. The van der Waals surface area contributed by atoms with Crippen LogP contribution in [0.2, 0.25) is 0 Å². The Bertz CT molecular complexity index is 836. The van der Waals surface area contributed by atoms with Gasteiger partial charge in [-0.1, -0.05) is 30.3 Å². The molecule has 26 heavy (non-hydrogen) atoms. The summed E-state index contributed by atoms with van der Waals surface area (Å²) in [4.78, 5) is 12.0. The molecule has 1 amide bonds. The van der Waals surface area contributed by atoms with Gasteiger partial charge in [0.25, 0.3) is 0 Å². The number of amides is 1. The zero-order valence-electron chi connectivity index (χ0n) is 14.3. The molecule has 0 fully saturated rings. The highest BCUT2D eigenvalue weighted by molar-refractivity contribution is 7.99. The number of benzene rings is 2. The molecule has 0 aliphatic heterocycles. The summed E-state index contributed by atoms with van der Waals surface area (Å²) >= 11 is 2.73. The Labute approximate surface area is 161 Å². The lowest BCUT2D eigenvalue weighted by molar-refractivity contribution is -0.113. The van der Waals surface area contributed by atoms with Crippen molar-refractivity contribution in [1.82, 2.24) is 8.75 Å². The summed E-state index contributed by atoms with van der Waals surface area (Å²) in [6.45, 7) is 2.45. The maximum absolute atomic E-state index is 12.0. The van der Waals surface area contributed by atoms with E-state index in [4.69, 9.17) is 4.74 Å². The quantitative estimate of drug-likeness (QED) is 0.626. The lowest BCUT2D eigenvalue weighted by Gasteiger charge is -2.08. The van der Waals surface area contributed by atoms with Crippen molar-refractivity contribution in [3.63, 3.8) is 0 Å². The SMILES string of the molecule is Cc1nsnc1CSCC(=O)Nc1ccc(OCc2ccccc2)cc1. The third-order valence-electron chi connectivity index (χ3n) is 3.60. The summed E-state index contributed by atoms with van der Waals surface area (Å²) in [5, 5.41) is 2.89. The summed E-state index contributed by atoms with van der Waals surface area (Å²) < 4.78 is 14.1. The molecule has 0 aliphatic rings. The van der Waals surface area contributed by atoms with Crippen LogP contribution in [0.4, 0.5) is 5.69 Å². The Hall–Kier alpha value is -2.38. The Morgan fingerprint density at radius 3 is 2.58 bits per heavy atom. The second-order valence-corrected chi connectivity index (χ2v) is 7.15. The number of nitrogens with one attached hydrogen (secondary N) is 1. The molecule has 0 atom stereocenters. The maximum atomic E-state index is 12.0. The van der Waals surface area contributed by atoms with E-state index in [1.54, 1.807) is 0 Å². The first kappa shape index (κ1) is 18.4. The molecule has 0 spiro atoms. The minimum absolute atomic E-state index is 0.0335. The van der Waals surface area contributed by atoms with Gasteiger partial charge in [-0.2, -0.15) is 8.75 Å². The molecule has 2 aromatic carbocycles. The van der Waals surface area contributed by atoms with Crippen LogP contribution in [0.15, 0.2) is 54.6 Å². The molecule has 7 heteroatoms. The van der Waals surface area contributed by atoms with Crippen molar-refractivity contribution >= 4 is 35.1 Å². The predicted octanol–water partition coefficient (Wildman–Crippen LogP) is 4.30. The van der Waals surface area contributed by atoms with Crippen LogP contribution in [0.5, 0.6) is 5.75 Å². The minimum Gasteiger partial charge on any atom is -0.489 e. The Kier molecular flexibility index (Phi) is 6.62. The first-order chi connectivity index (χ1) is 12.7. The number of carbonyl (C=O) groups excluding carboxylic acids is 1. The average molecular weight is 386 g/mol. The van der Waals surface area contributed by atoms with Crippen LogP contribution in [0, 0.1) is 6.92 Å². The van der Waals surface area contributed by atoms with Gasteiger partial charge < -0.3 is 10.1 Å². The third kappa shape index (κ3) is 5.57. The molecule has 134 valence electrons.